The highest BCUT2D eigenvalue weighted by Crippen LogP contribution is 2.22. The number of aromatic nitrogens is 1. The van der Waals surface area contributed by atoms with Crippen molar-refractivity contribution in [2.75, 3.05) is 0 Å². The SMILES string of the molecule is C[C@H](NCc1ccc(Cl)s1)c1cccnc1. The molecule has 0 fully saturated rings. The third kappa shape index (κ3) is 3.04. The van der Waals surface area contributed by atoms with E-state index in [-0.39, 0.29) is 0 Å². The maximum atomic E-state index is 5.87. The van der Waals surface area contributed by atoms with E-state index in [4.69, 9.17) is 11.6 Å². The molecule has 0 unspecified atom stereocenters. The molecule has 0 saturated carbocycles. The van der Waals surface area contributed by atoms with Crippen molar-refractivity contribution < 1.29 is 0 Å². The van der Waals surface area contributed by atoms with Crippen molar-refractivity contribution in [3.05, 3.63) is 51.4 Å². The van der Waals surface area contributed by atoms with Gasteiger partial charge < -0.3 is 5.32 Å². The molecule has 0 aliphatic rings. The van der Waals surface area contributed by atoms with Gasteiger partial charge in [0.2, 0.25) is 0 Å². The molecule has 0 aliphatic carbocycles. The molecular weight excluding hydrogens is 240 g/mol. The van der Waals surface area contributed by atoms with Crippen molar-refractivity contribution >= 4 is 22.9 Å². The van der Waals surface area contributed by atoms with E-state index in [0.29, 0.717) is 6.04 Å². The molecule has 2 rings (SSSR count). The van der Waals surface area contributed by atoms with Crippen LogP contribution in [-0.2, 0) is 6.54 Å². The summed E-state index contributed by atoms with van der Waals surface area (Å²) in [6, 6.07) is 8.31. The van der Waals surface area contributed by atoms with E-state index in [1.165, 1.54) is 10.4 Å². The van der Waals surface area contributed by atoms with Crippen LogP contribution < -0.4 is 5.32 Å². The van der Waals surface area contributed by atoms with Crippen molar-refractivity contribution in [3.8, 4) is 0 Å². The number of thiophene rings is 1. The number of hydrogen-bond acceptors (Lipinski definition) is 3. The smallest absolute Gasteiger partial charge is 0.0931 e. The van der Waals surface area contributed by atoms with E-state index in [1.54, 1.807) is 17.5 Å². The van der Waals surface area contributed by atoms with E-state index in [0.717, 1.165) is 10.9 Å². The fourth-order valence-corrected chi connectivity index (χ4v) is 2.49. The molecule has 2 aromatic heterocycles. The predicted octanol–water partition coefficient (Wildman–Crippen LogP) is 3.65. The molecule has 2 nitrogen and oxygen atoms in total. The molecule has 2 heterocycles. The lowest BCUT2D eigenvalue weighted by molar-refractivity contribution is 0.577. The largest absolute Gasteiger partial charge is 0.305 e. The Labute approximate surface area is 104 Å². The zero-order chi connectivity index (χ0) is 11.4. The number of halogens is 1. The van der Waals surface area contributed by atoms with Gasteiger partial charge in [0.05, 0.1) is 4.34 Å². The lowest BCUT2D eigenvalue weighted by Crippen LogP contribution is -2.17. The molecule has 0 radical (unpaired) electrons. The second-order valence-electron chi connectivity index (χ2n) is 3.59. The standard InChI is InChI=1S/C12H13ClN2S/c1-9(10-3-2-6-14-7-10)15-8-11-4-5-12(13)16-11/h2-7,9,15H,8H2,1H3/t9-/m0/s1. The van der Waals surface area contributed by atoms with Gasteiger partial charge in [0.15, 0.2) is 0 Å². The quantitative estimate of drug-likeness (QED) is 0.899. The first-order valence-electron chi connectivity index (χ1n) is 5.13. The molecule has 1 atom stereocenters. The topological polar surface area (TPSA) is 24.9 Å². The summed E-state index contributed by atoms with van der Waals surface area (Å²) >= 11 is 7.49. The Morgan fingerprint density at radius 1 is 1.44 bits per heavy atom. The van der Waals surface area contributed by atoms with Gasteiger partial charge in [0, 0.05) is 29.9 Å². The van der Waals surface area contributed by atoms with Crippen molar-refractivity contribution in [3.63, 3.8) is 0 Å². The highest BCUT2D eigenvalue weighted by molar-refractivity contribution is 7.16. The van der Waals surface area contributed by atoms with Crippen LogP contribution in [0.3, 0.4) is 0 Å². The molecule has 0 saturated heterocycles. The van der Waals surface area contributed by atoms with Crippen molar-refractivity contribution in [2.45, 2.75) is 19.5 Å². The van der Waals surface area contributed by atoms with Gasteiger partial charge in [-0.2, -0.15) is 0 Å². The van der Waals surface area contributed by atoms with Crippen LogP contribution in [0.15, 0.2) is 36.7 Å². The van der Waals surface area contributed by atoms with E-state index in [2.05, 4.69) is 29.4 Å². The fraction of sp³-hybridized carbons (Fsp3) is 0.250. The maximum Gasteiger partial charge on any atom is 0.0931 e. The highest BCUT2D eigenvalue weighted by atomic mass is 35.5. The maximum absolute atomic E-state index is 5.87. The van der Waals surface area contributed by atoms with E-state index in [9.17, 15) is 0 Å². The first kappa shape index (κ1) is 11.6. The summed E-state index contributed by atoms with van der Waals surface area (Å²) < 4.78 is 0.839. The Hall–Kier alpha value is -0.900. The molecule has 1 N–H and O–H groups in total. The zero-order valence-corrected chi connectivity index (χ0v) is 10.6. The van der Waals surface area contributed by atoms with Crippen molar-refractivity contribution in [1.29, 1.82) is 0 Å². The second-order valence-corrected chi connectivity index (χ2v) is 5.39. The molecule has 0 bridgehead atoms. The minimum absolute atomic E-state index is 0.301. The summed E-state index contributed by atoms with van der Waals surface area (Å²) in [6.07, 6.45) is 3.67. The van der Waals surface area contributed by atoms with Crippen LogP contribution in [0.4, 0.5) is 0 Å². The Balaban J connectivity index is 1.91. The zero-order valence-electron chi connectivity index (χ0n) is 8.98. The lowest BCUT2D eigenvalue weighted by atomic mass is 10.1. The van der Waals surface area contributed by atoms with E-state index < -0.39 is 0 Å². The van der Waals surface area contributed by atoms with Gasteiger partial charge >= 0.3 is 0 Å². The molecule has 84 valence electrons. The number of nitrogens with zero attached hydrogens (tertiary/aromatic N) is 1. The third-order valence-electron chi connectivity index (χ3n) is 2.40. The lowest BCUT2D eigenvalue weighted by Gasteiger charge is -2.12. The van der Waals surface area contributed by atoms with Crippen LogP contribution in [0.5, 0.6) is 0 Å². The normalized spacial score (nSPS) is 12.6. The number of pyridine rings is 1. The summed E-state index contributed by atoms with van der Waals surface area (Å²) in [4.78, 5) is 5.36. The van der Waals surface area contributed by atoms with Gasteiger partial charge in [0.25, 0.3) is 0 Å². The monoisotopic (exact) mass is 252 g/mol. The Bertz CT molecular complexity index is 441. The molecule has 2 aromatic rings. The van der Waals surface area contributed by atoms with Crippen LogP contribution >= 0.6 is 22.9 Å². The van der Waals surface area contributed by atoms with Crippen LogP contribution in [0.2, 0.25) is 4.34 Å². The molecular formula is C12H13ClN2S. The van der Waals surface area contributed by atoms with Crippen LogP contribution in [-0.4, -0.2) is 4.98 Å². The fourth-order valence-electron chi connectivity index (χ4n) is 1.45. The van der Waals surface area contributed by atoms with Crippen LogP contribution in [0.25, 0.3) is 0 Å². The second kappa shape index (κ2) is 5.43. The summed E-state index contributed by atoms with van der Waals surface area (Å²) in [5.74, 6) is 0. The van der Waals surface area contributed by atoms with Gasteiger partial charge in [-0.25, -0.2) is 0 Å². The minimum atomic E-state index is 0.301. The summed E-state index contributed by atoms with van der Waals surface area (Å²) in [7, 11) is 0. The molecule has 16 heavy (non-hydrogen) atoms. The van der Waals surface area contributed by atoms with Crippen molar-refractivity contribution in [1.82, 2.24) is 10.3 Å². The molecule has 0 amide bonds. The van der Waals surface area contributed by atoms with Gasteiger partial charge in [-0.3, -0.25) is 4.98 Å². The number of hydrogen-bond donors (Lipinski definition) is 1. The number of rotatable bonds is 4. The summed E-state index contributed by atoms with van der Waals surface area (Å²) in [6.45, 7) is 2.97. The molecule has 4 heteroatoms. The predicted molar refractivity (Wildman–Crippen MR) is 68.8 cm³/mol. The van der Waals surface area contributed by atoms with E-state index >= 15 is 0 Å². The van der Waals surface area contributed by atoms with Gasteiger partial charge in [-0.1, -0.05) is 17.7 Å². The van der Waals surface area contributed by atoms with Crippen LogP contribution in [0.1, 0.15) is 23.4 Å². The van der Waals surface area contributed by atoms with Gasteiger partial charge in [0.1, 0.15) is 0 Å². The summed E-state index contributed by atoms with van der Waals surface area (Å²) in [5.41, 5.74) is 1.20. The first-order valence-corrected chi connectivity index (χ1v) is 6.32. The highest BCUT2D eigenvalue weighted by Gasteiger charge is 2.05. The van der Waals surface area contributed by atoms with Gasteiger partial charge in [-0.05, 0) is 30.7 Å². The average molecular weight is 253 g/mol. The van der Waals surface area contributed by atoms with Crippen LogP contribution in [0, 0.1) is 0 Å². The molecule has 0 aromatic carbocycles. The molecule has 0 spiro atoms. The average Bonchev–Trinajstić information content (AvgIpc) is 2.73. The third-order valence-corrected chi connectivity index (χ3v) is 3.63. The first-order chi connectivity index (χ1) is 7.75. The Morgan fingerprint density at radius 3 is 2.94 bits per heavy atom. The van der Waals surface area contributed by atoms with E-state index in [1.807, 2.05) is 18.3 Å². The molecule has 0 aliphatic heterocycles. The minimum Gasteiger partial charge on any atom is -0.305 e. The van der Waals surface area contributed by atoms with Gasteiger partial charge in [-0.15, -0.1) is 11.3 Å². The van der Waals surface area contributed by atoms with Crippen molar-refractivity contribution in [2.24, 2.45) is 0 Å². The Kier molecular flexibility index (Phi) is 3.93. The summed E-state index contributed by atoms with van der Waals surface area (Å²) in [5, 5.41) is 3.44. The Morgan fingerprint density at radius 2 is 2.31 bits per heavy atom. The number of nitrogens with one attached hydrogen (secondary N) is 1.